The van der Waals surface area contributed by atoms with Gasteiger partial charge in [-0.1, -0.05) is 5.16 Å². The maximum absolute atomic E-state index is 12.5. The van der Waals surface area contributed by atoms with Gasteiger partial charge in [-0.05, 0) is 12.8 Å². The van der Waals surface area contributed by atoms with E-state index in [0.717, 1.165) is 11.4 Å². The molecule has 1 saturated carbocycles. The van der Waals surface area contributed by atoms with Gasteiger partial charge in [0.2, 0.25) is 5.91 Å². The average Bonchev–Trinajstić information content (AvgIpc) is 3.27. The van der Waals surface area contributed by atoms with Gasteiger partial charge in [0.15, 0.2) is 0 Å². The Morgan fingerprint density at radius 3 is 3.19 bits per heavy atom. The number of carbonyl (C=O) groups is 1. The fraction of sp³-hybridized carbons (Fsp3) is 0.400. The van der Waals surface area contributed by atoms with E-state index < -0.39 is 0 Å². The smallest absolute Gasteiger partial charge is 0.234 e. The van der Waals surface area contributed by atoms with Crippen molar-refractivity contribution >= 4 is 11.6 Å². The zero-order valence-corrected chi connectivity index (χ0v) is 11.5. The number of aromatic nitrogens is 2. The highest BCUT2D eigenvalue weighted by Crippen LogP contribution is 2.39. The van der Waals surface area contributed by atoms with Gasteiger partial charge in [0.25, 0.3) is 0 Å². The van der Waals surface area contributed by atoms with E-state index in [1.54, 1.807) is 23.4 Å². The fourth-order valence-corrected chi connectivity index (χ4v) is 2.55. The Hall–Kier alpha value is -2.37. The Bertz CT molecular complexity index is 678. The molecule has 0 aromatic carbocycles. The molecule has 1 aliphatic carbocycles. The van der Waals surface area contributed by atoms with E-state index in [9.17, 15) is 4.79 Å². The van der Waals surface area contributed by atoms with E-state index in [2.05, 4.69) is 10.1 Å². The molecule has 0 unspecified atom stereocenters. The van der Waals surface area contributed by atoms with Crippen molar-refractivity contribution in [3.63, 3.8) is 0 Å². The predicted octanol–water partition coefficient (Wildman–Crippen LogP) is 1.92. The fourth-order valence-electron chi connectivity index (χ4n) is 2.55. The molecule has 21 heavy (non-hydrogen) atoms. The van der Waals surface area contributed by atoms with E-state index in [0.29, 0.717) is 30.6 Å². The maximum Gasteiger partial charge on any atom is 0.234 e. The highest BCUT2D eigenvalue weighted by Gasteiger charge is 2.29. The van der Waals surface area contributed by atoms with E-state index in [1.807, 2.05) is 6.07 Å². The third kappa shape index (κ3) is 2.37. The van der Waals surface area contributed by atoms with Gasteiger partial charge in [-0.15, -0.1) is 0 Å². The molecule has 0 N–H and O–H groups in total. The standard InChI is InChI=1S/C15H15N3O3/c19-15(8-11-7-12(17-21-11)10-1-2-10)18-5-6-20-14-3-4-16-9-13(14)18/h3-4,7,9-10H,1-2,5-6,8H2. The number of carbonyl (C=O) groups excluding carboxylic acids is 1. The van der Waals surface area contributed by atoms with Crippen molar-refractivity contribution in [1.29, 1.82) is 0 Å². The lowest BCUT2D eigenvalue weighted by molar-refractivity contribution is -0.118. The van der Waals surface area contributed by atoms with Gasteiger partial charge < -0.3 is 14.2 Å². The number of anilines is 1. The quantitative estimate of drug-likeness (QED) is 0.861. The molecule has 0 saturated heterocycles. The third-order valence-electron chi connectivity index (χ3n) is 3.82. The van der Waals surface area contributed by atoms with Crippen molar-refractivity contribution < 1.29 is 14.1 Å². The number of rotatable bonds is 3. The van der Waals surface area contributed by atoms with Crippen LogP contribution in [0.3, 0.4) is 0 Å². The zero-order valence-electron chi connectivity index (χ0n) is 11.5. The first-order valence-corrected chi connectivity index (χ1v) is 7.14. The van der Waals surface area contributed by atoms with Crippen LogP contribution in [-0.4, -0.2) is 29.2 Å². The number of hydrogen-bond donors (Lipinski definition) is 0. The minimum atomic E-state index is -0.0222. The van der Waals surface area contributed by atoms with Gasteiger partial charge in [-0.25, -0.2) is 0 Å². The molecule has 0 radical (unpaired) electrons. The number of amides is 1. The van der Waals surface area contributed by atoms with Crippen molar-refractivity contribution in [2.24, 2.45) is 0 Å². The third-order valence-corrected chi connectivity index (χ3v) is 3.82. The maximum atomic E-state index is 12.5. The summed E-state index contributed by atoms with van der Waals surface area (Å²) in [6.45, 7) is 1.02. The van der Waals surface area contributed by atoms with Gasteiger partial charge in [0.1, 0.15) is 23.8 Å². The van der Waals surface area contributed by atoms with Crippen LogP contribution in [0.5, 0.6) is 5.75 Å². The lowest BCUT2D eigenvalue weighted by atomic mass is 10.2. The number of pyridine rings is 1. The highest BCUT2D eigenvalue weighted by molar-refractivity contribution is 5.96. The molecule has 4 rings (SSSR count). The number of fused-ring (bicyclic) bond motifs is 1. The summed E-state index contributed by atoms with van der Waals surface area (Å²) < 4.78 is 10.8. The first kappa shape index (κ1) is 12.4. The van der Waals surface area contributed by atoms with E-state index >= 15 is 0 Å². The van der Waals surface area contributed by atoms with Gasteiger partial charge in [-0.3, -0.25) is 9.78 Å². The molecule has 0 atom stereocenters. The molecule has 6 nitrogen and oxygen atoms in total. The van der Waals surface area contributed by atoms with Crippen molar-refractivity contribution in [3.8, 4) is 5.75 Å². The molecule has 0 spiro atoms. The first-order chi connectivity index (χ1) is 10.3. The molecule has 3 heterocycles. The Labute approximate surface area is 121 Å². The summed E-state index contributed by atoms with van der Waals surface area (Å²) in [5, 5.41) is 4.04. The summed E-state index contributed by atoms with van der Waals surface area (Å²) in [4.78, 5) is 18.2. The first-order valence-electron chi connectivity index (χ1n) is 7.14. The number of nitrogens with zero attached hydrogens (tertiary/aromatic N) is 3. The largest absolute Gasteiger partial charge is 0.489 e. The van der Waals surface area contributed by atoms with Crippen LogP contribution in [0.4, 0.5) is 5.69 Å². The lowest BCUT2D eigenvalue weighted by Gasteiger charge is -2.28. The monoisotopic (exact) mass is 285 g/mol. The zero-order chi connectivity index (χ0) is 14.2. The van der Waals surface area contributed by atoms with Crippen LogP contribution in [0.15, 0.2) is 29.0 Å². The Kier molecular flexibility index (Phi) is 2.87. The molecule has 1 aliphatic heterocycles. The molecule has 2 aromatic rings. The summed E-state index contributed by atoms with van der Waals surface area (Å²) in [5.74, 6) is 1.83. The topological polar surface area (TPSA) is 68.5 Å². The molecule has 2 aliphatic rings. The summed E-state index contributed by atoms with van der Waals surface area (Å²) in [7, 11) is 0. The minimum absolute atomic E-state index is 0.0222. The Morgan fingerprint density at radius 1 is 1.43 bits per heavy atom. The summed E-state index contributed by atoms with van der Waals surface area (Å²) in [5.41, 5.74) is 1.69. The van der Waals surface area contributed by atoms with E-state index in [4.69, 9.17) is 9.26 Å². The molecular weight excluding hydrogens is 270 g/mol. The molecule has 1 fully saturated rings. The van der Waals surface area contributed by atoms with Crippen LogP contribution in [-0.2, 0) is 11.2 Å². The number of hydrogen-bond acceptors (Lipinski definition) is 5. The number of ether oxygens (including phenoxy) is 1. The van der Waals surface area contributed by atoms with Crippen LogP contribution in [0, 0.1) is 0 Å². The second-order valence-corrected chi connectivity index (χ2v) is 5.41. The van der Waals surface area contributed by atoms with Crippen molar-refractivity contribution in [2.75, 3.05) is 18.1 Å². The highest BCUT2D eigenvalue weighted by atomic mass is 16.5. The molecule has 1 amide bonds. The molecular formula is C15H15N3O3. The predicted molar refractivity (Wildman–Crippen MR) is 74.3 cm³/mol. The van der Waals surface area contributed by atoms with Crippen LogP contribution in [0.1, 0.15) is 30.2 Å². The molecule has 108 valence electrons. The van der Waals surface area contributed by atoms with Crippen LogP contribution in [0.2, 0.25) is 0 Å². The van der Waals surface area contributed by atoms with Gasteiger partial charge >= 0.3 is 0 Å². The normalized spacial score (nSPS) is 17.2. The molecule has 0 bridgehead atoms. The summed E-state index contributed by atoms with van der Waals surface area (Å²) in [6, 6.07) is 3.68. The summed E-state index contributed by atoms with van der Waals surface area (Å²) >= 11 is 0. The molecule has 2 aromatic heterocycles. The van der Waals surface area contributed by atoms with Gasteiger partial charge in [0.05, 0.1) is 24.9 Å². The van der Waals surface area contributed by atoms with Crippen LogP contribution in [0.25, 0.3) is 0 Å². The van der Waals surface area contributed by atoms with Gasteiger partial charge in [0, 0.05) is 24.2 Å². The Balaban J connectivity index is 1.52. The minimum Gasteiger partial charge on any atom is -0.489 e. The Morgan fingerprint density at radius 2 is 2.33 bits per heavy atom. The second-order valence-electron chi connectivity index (χ2n) is 5.41. The van der Waals surface area contributed by atoms with Crippen molar-refractivity contribution in [1.82, 2.24) is 10.1 Å². The lowest BCUT2D eigenvalue weighted by Crippen LogP contribution is -2.38. The van der Waals surface area contributed by atoms with Crippen molar-refractivity contribution in [3.05, 3.63) is 36.0 Å². The van der Waals surface area contributed by atoms with Crippen LogP contribution >= 0.6 is 0 Å². The van der Waals surface area contributed by atoms with E-state index in [1.165, 1.54) is 12.8 Å². The average molecular weight is 285 g/mol. The van der Waals surface area contributed by atoms with Crippen LogP contribution < -0.4 is 9.64 Å². The second kappa shape index (κ2) is 4.87. The van der Waals surface area contributed by atoms with Gasteiger partial charge in [-0.2, -0.15) is 0 Å². The van der Waals surface area contributed by atoms with E-state index in [-0.39, 0.29) is 12.3 Å². The molecule has 6 heteroatoms. The SMILES string of the molecule is O=C(Cc1cc(C2CC2)no1)N1CCOc2ccncc21. The summed E-state index contributed by atoms with van der Waals surface area (Å²) in [6.07, 6.45) is 5.87. The van der Waals surface area contributed by atoms with Crippen molar-refractivity contribution in [2.45, 2.75) is 25.2 Å².